The fraction of sp³-hybridized carbons (Fsp3) is 0.643. The summed E-state index contributed by atoms with van der Waals surface area (Å²) in [6.07, 6.45) is 10.9. The van der Waals surface area contributed by atoms with Crippen LogP contribution in [0, 0.1) is 0 Å². The monoisotopic (exact) mass is 249 g/mol. The Balaban J connectivity index is 1.75. The van der Waals surface area contributed by atoms with E-state index in [1.807, 2.05) is 24.5 Å². The Kier molecular flexibility index (Phi) is 5.58. The first-order valence-corrected chi connectivity index (χ1v) is 6.85. The third kappa shape index (κ3) is 4.37. The molecule has 4 nitrogen and oxygen atoms in total. The molecule has 0 saturated carbocycles. The summed E-state index contributed by atoms with van der Waals surface area (Å²) in [6, 6.07) is 4.40. The SMILES string of the molecule is NNC(CCC1CCCCO1)Cc1ccncc1. The molecule has 0 amide bonds. The van der Waals surface area contributed by atoms with E-state index in [1.54, 1.807) is 0 Å². The van der Waals surface area contributed by atoms with Gasteiger partial charge in [0.05, 0.1) is 6.10 Å². The van der Waals surface area contributed by atoms with Crippen LogP contribution >= 0.6 is 0 Å². The number of nitrogens with two attached hydrogens (primary N) is 1. The highest BCUT2D eigenvalue weighted by Gasteiger charge is 2.16. The molecule has 0 bridgehead atoms. The molecular formula is C14H23N3O. The minimum atomic E-state index is 0.318. The summed E-state index contributed by atoms with van der Waals surface area (Å²) >= 11 is 0. The molecule has 4 heteroatoms. The van der Waals surface area contributed by atoms with E-state index in [0.717, 1.165) is 25.9 Å². The number of ether oxygens (including phenoxy) is 1. The van der Waals surface area contributed by atoms with Crippen molar-refractivity contribution in [1.29, 1.82) is 0 Å². The Morgan fingerprint density at radius 1 is 1.39 bits per heavy atom. The van der Waals surface area contributed by atoms with Crippen molar-refractivity contribution in [3.63, 3.8) is 0 Å². The summed E-state index contributed by atoms with van der Waals surface area (Å²) in [7, 11) is 0. The Morgan fingerprint density at radius 2 is 2.22 bits per heavy atom. The summed E-state index contributed by atoms with van der Waals surface area (Å²) in [5.41, 5.74) is 4.19. The largest absolute Gasteiger partial charge is 0.378 e. The molecule has 2 heterocycles. The normalized spacial score (nSPS) is 21.7. The van der Waals surface area contributed by atoms with Gasteiger partial charge in [-0.1, -0.05) is 0 Å². The van der Waals surface area contributed by atoms with Gasteiger partial charge in [0.1, 0.15) is 0 Å². The van der Waals surface area contributed by atoms with E-state index in [0.29, 0.717) is 12.1 Å². The zero-order chi connectivity index (χ0) is 12.6. The second-order valence-corrected chi connectivity index (χ2v) is 4.99. The summed E-state index contributed by atoms with van der Waals surface area (Å²) in [6.45, 7) is 0.926. The fourth-order valence-corrected chi connectivity index (χ4v) is 2.47. The number of nitrogens with zero attached hydrogens (tertiary/aromatic N) is 1. The zero-order valence-electron chi connectivity index (χ0n) is 10.8. The molecule has 0 aromatic carbocycles. The molecule has 2 unspecified atom stereocenters. The average molecular weight is 249 g/mol. The quantitative estimate of drug-likeness (QED) is 0.596. The molecule has 1 saturated heterocycles. The first-order chi connectivity index (χ1) is 8.88. The Morgan fingerprint density at radius 3 is 2.89 bits per heavy atom. The van der Waals surface area contributed by atoms with E-state index in [9.17, 15) is 0 Å². The number of hydrazine groups is 1. The molecule has 1 aromatic rings. The lowest BCUT2D eigenvalue weighted by atomic mass is 9.98. The number of hydrogen-bond acceptors (Lipinski definition) is 4. The van der Waals surface area contributed by atoms with Crippen LogP contribution < -0.4 is 11.3 Å². The molecule has 18 heavy (non-hydrogen) atoms. The first-order valence-electron chi connectivity index (χ1n) is 6.85. The lowest BCUT2D eigenvalue weighted by Crippen LogP contribution is -2.37. The molecule has 1 aliphatic heterocycles. The van der Waals surface area contributed by atoms with Gasteiger partial charge in [0.25, 0.3) is 0 Å². The van der Waals surface area contributed by atoms with Gasteiger partial charge in [-0.3, -0.25) is 16.3 Å². The summed E-state index contributed by atoms with van der Waals surface area (Å²) < 4.78 is 5.74. The minimum Gasteiger partial charge on any atom is -0.378 e. The van der Waals surface area contributed by atoms with Crippen LogP contribution in [0.5, 0.6) is 0 Å². The molecule has 0 radical (unpaired) electrons. The third-order valence-electron chi connectivity index (χ3n) is 3.58. The molecule has 1 aliphatic rings. The molecule has 2 rings (SSSR count). The van der Waals surface area contributed by atoms with Gasteiger partial charge in [-0.2, -0.15) is 0 Å². The van der Waals surface area contributed by atoms with Crippen LogP contribution in [0.1, 0.15) is 37.7 Å². The van der Waals surface area contributed by atoms with E-state index in [1.165, 1.54) is 24.8 Å². The van der Waals surface area contributed by atoms with Gasteiger partial charge in [0.2, 0.25) is 0 Å². The van der Waals surface area contributed by atoms with E-state index in [-0.39, 0.29) is 0 Å². The van der Waals surface area contributed by atoms with Gasteiger partial charge >= 0.3 is 0 Å². The summed E-state index contributed by atoms with van der Waals surface area (Å²) in [4.78, 5) is 4.03. The fourth-order valence-electron chi connectivity index (χ4n) is 2.47. The van der Waals surface area contributed by atoms with Crippen LogP contribution in [0.25, 0.3) is 0 Å². The standard InChI is InChI=1S/C14H23N3O/c15-17-13(11-12-6-8-16-9-7-12)4-5-14-3-1-2-10-18-14/h6-9,13-14,17H,1-5,10-11,15H2. The van der Waals surface area contributed by atoms with E-state index >= 15 is 0 Å². The van der Waals surface area contributed by atoms with Crippen molar-refractivity contribution in [3.05, 3.63) is 30.1 Å². The van der Waals surface area contributed by atoms with Crippen LogP contribution in [0.4, 0.5) is 0 Å². The van der Waals surface area contributed by atoms with Gasteiger partial charge in [0, 0.05) is 25.0 Å². The molecule has 2 atom stereocenters. The van der Waals surface area contributed by atoms with Gasteiger partial charge in [0.15, 0.2) is 0 Å². The highest BCUT2D eigenvalue weighted by molar-refractivity contribution is 5.11. The van der Waals surface area contributed by atoms with E-state index < -0.39 is 0 Å². The van der Waals surface area contributed by atoms with Gasteiger partial charge < -0.3 is 4.74 Å². The second kappa shape index (κ2) is 7.46. The Bertz CT molecular complexity index is 325. The average Bonchev–Trinajstić information content (AvgIpc) is 2.45. The lowest BCUT2D eigenvalue weighted by molar-refractivity contribution is 0.00858. The highest BCUT2D eigenvalue weighted by atomic mass is 16.5. The smallest absolute Gasteiger partial charge is 0.0575 e. The van der Waals surface area contributed by atoms with Crippen molar-refractivity contribution in [2.75, 3.05) is 6.61 Å². The van der Waals surface area contributed by atoms with Crippen LogP contribution in [-0.2, 0) is 11.2 Å². The van der Waals surface area contributed by atoms with Crippen molar-refractivity contribution >= 4 is 0 Å². The van der Waals surface area contributed by atoms with Crippen molar-refractivity contribution < 1.29 is 4.74 Å². The molecule has 100 valence electrons. The number of pyridine rings is 1. The lowest BCUT2D eigenvalue weighted by Gasteiger charge is -2.24. The van der Waals surface area contributed by atoms with Crippen molar-refractivity contribution in [3.8, 4) is 0 Å². The maximum Gasteiger partial charge on any atom is 0.0575 e. The maximum absolute atomic E-state index is 5.74. The number of rotatable bonds is 6. The number of aromatic nitrogens is 1. The number of nitrogens with one attached hydrogen (secondary N) is 1. The first kappa shape index (κ1) is 13.5. The maximum atomic E-state index is 5.74. The van der Waals surface area contributed by atoms with Crippen molar-refractivity contribution in [2.45, 2.75) is 50.7 Å². The van der Waals surface area contributed by atoms with Gasteiger partial charge in [-0.05, 0) is 56.2 Å². The molecule has 0 aliphatic carbocycles. The van der Waals surface area contributed by atoms with Crippen molar-refractivity contribution in [2.24, 2.45) is 5.84 Å². The molecule has 1 fully saturated rings. The third-order valence-corrected chi connectivity index (χ3v) is 3.58. The second-order valence-electron chi connectivity index (χ2n) is 4.99. The number of hydrogen-bond donors (Lipinski definition) is 2. The van der Waals surface area contributed by atoms with Gasteiger partial charge in [-0.25, -0.2) is 0 Å². The summed E-state index contributed by atoms with van der Waals surface area (Å²) in [5.74, 6) is 5.63. The minimum absolute atomic E-state index is 0.318. The Labute approximate surface area is 109 Å². The van der Waals surface area contributed by atoms with Gasteiger partial charge in [-0.15, -0.1) is 0 Å². The molecular weight excluding hydrogens is 226 g/mol. The van der Waals surface area contributed by atoms with E-state index in [4.69, 9.17) is 10.6 Å². The van der Waals surface area contributed by atoms with Crippen LogP contribution in [0.3, 0.4) is 0 Å². The van der Waals surface area contributed by atoms with Crippen LogP contribution in [-0.4, -0.2) is 23.7 Å². The molecule has 0 spiro atoms. The zero-order valence-corrected chi connectivity index (χ0v) is 10.8. The van der Waals surface area contributed by atoms with E-state index in [2.05, 4.69) is 10.4 Å². The summed E-state index contributed by atoms with van der Waals surface area (Å²) in [5, 5.41) is 0. The molecule has 3 N–H and O–H groups in total. The van der Waals surface area contributed by atoms with Crippen LogP contribution in [0.15, 0.2) is 24.5 Å². The highest BCUT2D eigenvalue weighted by Crippen LogP contribution is 2.18. The predicted molar refractivity (Wildman–Crippen MR) is 71.9 cm³/mol. The van der Waals surface area contributed by atoms with Crippen molar-refractivity contribution in [1.82, 2.24) is 10.4 Å². The topological polar surface area (TPSA) is 60.2 Å². The predicted octanol–water partition coefficient (Wildman–Crippen LogP) is 1.81. The molecule has 1 aromatic heterocycles. The Hall–Kier alpha value is -0.970. The van der Waals surface area contributed by atoms with Crippen LogP contribution in [0.2, 0.25) is 0 Å².